The van der Waals surface area contributed by atoms with Gasteiger partial charge in [0.1, 0.15) is 0 Å². The van der Waals surface area contributed by atoms with Crippen molar-refractivity contribution in [1.82, 2.24) is 15.3 Å². The fourth-order valence-electron chi connectivity index (χ4n) is 1.22. The van der Waals surface area contributed by atoms with E-state index in [1.54, 1.807) is 12.4 Å². The van der Waals surface area contributed by atoms with Gasteiger partial charge >= 0.3 is 0 Å². The molecule has 0 aliphatic carbocycles. The largest absolute Gasteiger partial charge is 0.346 e. The van der Waals surface area contributed by atoms with Crippen molar-refractivity contribution >= 4 is 17.2 Å². The van der Waals surface area contributed by atoms with Gasteiger partial charge in [-0.05, 0) is 18.6 Å². The van der Waals surface area contributed by atoms with E-state index in [1.807, 2.05) is 24.4 Å². The Morgan fingerprint density at radius 1 is 1.56 bits per heavy atom. The first-order valence-electron chi connectivity index (χ1n) is 4.85. The van der Waals surface area contributed by atoms with Crippen molar-refractivity contribution < 1.29 is 4.79 Å². The van der Waals surface area contributed by atoms with Crippen LogP contribution in [0.3, 0.4) is 0 Å². The van der Waals surface area contributed by atoms with Crippen LogP contribution >= 0.6 is 11.3 Å². The SMILES string of the molecule is Cc1csc(C(=O)NCc2cccnc2)n1. The van der Waals surface area contributed by atoms with E-state index in [-0.39, 0.29) is 5.91 Å². The van der Waals surface area contributed by atoms with Gasteiger partial charge in [0, 0.05) is 30.0 Å². The van der Waals surface area contributed by atoms with Gasteiger partial charge in [0.25, 0.3) is 5.91 Å². The van der Waals surface area contributed by atoms with E-state index < -0.39 is 0 Å². The second-order valence-corrected chi connectivity index (χ2v) is 4.20. The van der Waals surface area contributed by atoms with Gasteiger partial charge in [0.2, 0.25) is 0 Å². The lowest BCUT2D eigenvalue weighted by Crippen LogP contribution is -2.22. The number of hydrogen-bond donors (Lipinski definition) is 1. The smallest absolute Gasteiger partial charge is 0.280 e. The third kappa shape index (κ3) is 2.64. The van der Waals surface area contributed by atoms with Crippen LogP contribution in [0.25, 0.3) is 0 Å². The minimum Gasteiger partial charge on any atom is -0.346 e. The molecular weight excluding hydrogens is 222 g/mol. The summed E-state index contributed by atoms with van der Waals surface area (Å²) in [4.78, 5) is 19.7. The van der Waals surface area contributed by atoms with Crippen molar-refractivity contribution in [2.45, 2.75) is 13.5 Å². The molecule has 2 heterocycles. The highest BCUT2D eigenvalue weighted by Gasteiger charge is 2.08. The molecule has 0 fully saturated rings. The van der Waals surface area contributed by atoms with E-state index in [1.165, 1.54) is 11.3 Å². The number of thiazole rings is 1. The molecular formula is C11H11N3OS. The fourth-order valence-corrected chi connectivity index (χ4v) is 1.93. The molecule has 0 unspecified atom stereocenters. The quantitative estimate of drug-likeness (QED) is 0.879. The molecule has 0 atom stereocenters. The summed E-state index contributed by atoms with van der Waals surface area (Å²) in [5.74, 6) is -0.137. The summed E-state index contributed by atoms with van der Waals surface area (Å²) >= 11 is 1.35. The lowest BCUT2D eigenvalue weighted by atomic mass is 10.3. The maximum absolute atomic E-state index is 11.6. The Bertz CT molecular complexity index is 481. The number of carbonyl (C=O) groups is 1. The molecule has 0 aliphatic heterocycles. The lowest BCUT2D eigenvalue weighted by molar-refractivity contribution is 0.0950. The van der Waals surface area contributed by atoms with Gasteiger partial charge in [0.15, 0.2) is 5.01 Å². The summed E-state index contributed by atoms with van der Waals surface area (Å²) < 4.78 is 0. The monoisotopic (exact) mass is 233 g/mol. The number of hydrogen-bond acceptors (Lipinski definition) is 4. The number of nitrogens with one attached hydrogen (secondary N) is 1. The molecule has 1 N–H and O–H groups in total. The molecule has 0 radical (unpaired) electrons. The maximum Gasteiger partial charge on any atom is 0.280 e. The summed E-state index contributed by atoms with van der Waals surface area (Å²) in [7, 11) is 0. The summed E-state index contributed by atoms with van der Waals surface area (Å²) in [6.45, 7) is 2.35. The molecule has 0 saturated carbocycles. The Kier molecular flexibility index (Phi) is 3.26. The molecule has 5 heteroatoms. The van der Waals surface area contributed by atoms with Gasteiger partial charge in [-0.25, -0.2) is 4.98 Å². The standard InChI is InChI=1S/C11H11N3OS/c1-8-7-16-11(14-8)10(15)13-6-9-3-2-4-12-5-9/h2-5,7H,6H2,1H3,(H,13,15). The highest BCUT2D eigenvalue weighted by Crippen LogP contribution is 2.08. The van der Waals surface area contributed by atoms with Gasteiger partial charge in [-0.2, -0.15) is 0 Å². The molecule has 0 saturated heterocycles. The lowest BCUT2D eigenvalue weighted by Gasteiger charge is -2.01. The van der Waals surface area contributed by atoms with E-state index >= 15 is 0 Å². The van der Waals surface area contributed by atoms with Crippen molar-refractivity contribution in [2.24, 2.45) is 0 Å². The number of amides is 1. The zero-order valence-corrected chi connectivity index (χ0v) is 9.62. The van der Waals surface area contributed by atoms with E-state index in [0.717, 1.165) is 11.3 Å². The summed E-state index contributed by atoms with van der Waals surface area (Å²) in [5.41, 5.74) is 1.85. The van der Waals surface area contributed by atoms with E-state index in [9.17, 15) is 4.79 Å². The molecule has 0 spiro atoms. The number of pyridine rings is 1. The van der Waals surface area contributed by atoms with Gasteiger partial charge < -0.3 is 5.32 Å². The van der Waals surface area contributed by atoms with Crippen molar-refractivity contribution in [1.29, 1.82) is 0 Å². The molecule has 0 bridgehead atoms. The molecule has 4 nitrogen and oxygen atoms in total. The minimum absolute atomic E-state index is 0.137. The van der Waals surface area contributed by atoms with Gasteiger partial charge in [-0.3, -0.25) is 9.78 Å². The second-order valence-electron chi connectivity index (χ2n) is 3.34. The first-order chi connectivity index (χ1) is 7.75. The first-order valence-corrected chi connectivity index (χ1v) is 5.73. The minimum atomic E-state index is -0.137. The summed E-state index contributed by atoms with van der Waals surface area (Å²) in [5, 5.41) is 5.16. The number of nitrogens with zero attached hydrogens (tertiary/aromatic N) is 2. The molecule has 16 heavy (non-hydrogen) atoms. The second kappa shape index (κ2) is 4.85. The van der Waals surface area contributed by atoms with Gasteiger partial charge in [-0.1, -0.05) is 6.07 Å². The third-order valence-corrected chi connectivity index (χ3v) is 2.95. The Morgan fingerprint density at radius 2 is 2.44 bits per heavy atom. The van der Waals surface area contributed by atoms with Crippen molar-refractivity contribution in [3.63, 3.8) is 0 Å². The molecule has 82 valence electrons. The van der Waals surface area contributed by atoms with Crippen molar-refractivity contribution in [3.8, 4) is 0 Å². The van der Waals surface area contributed by atoms with Crippen LogP contribution in [-0.2, 0) is 6.54 Å². The number of aryl methyl sites for hydroxylation is 1. The third-order valence-electron chi connectivity index (χ3n) is 1.99. The Labute approximate surface area is 97.4 Å². The normalized spacial score (nSPS) is 10.1. The highest BCUT2D eigenvalue weighted by molar-refractivity contribution is 7.11. The van der Waals surface area contributed by atoms with Gasteiger partial charge in [-0.15, -0.1) is 11.3 Å². The topological polar surface area (TPSA) is 54.9 Å². The Hall–Kier alpha value is -1.75. The highest BCUT2D eigenvalue weighted by atomic mass is 32.1. The Balaban J connectivity index is 1.94. The van der Waals surface area contributed by atoms with Crippen LogP contribution in [0, 0.1) is 6.92 Å². The van der Waals surface area contributed by atoms with Crippen LogP contribution < -0.4 is 5.32 Å². The average molecular weight is 233 g/mol. The van der Waals surface area contributed by atoms with Crippen molar-refractivity contribution in [3.05, 3.63) is 46.2 Å². The number of aromatic nitrogens is 2. The zero-order chi connectivity index (χ0) is 11.4. The summed E-state index contributed by atoms with van der Waals surface area (Å²) in [6, 6.07) is 3.76. The van der Waals surface area contributed by atoms with E-state index in [0.29, 0.717) is 11.6 Å². The van der Waals surface area contributed by atoms with Crippen molar-refractivity contribution in [2.75, 3.05) is 0 Å². The molecule has 1 amide bonds. The average Bonchev–Trinajstić information content (AvgIpc) is 2.74. The van der Waals surface area contributed by atoms with Crippen LogP contribution in [0.15, 0.2) is 29.9 Å². The van der Waals surface area contributed by atoms with Gasteiger partial charge in [0.05, 0.1) is 0 Å². The van der Waals surface area contributed by atoms with Crippen LogP contribution in [0.1, 0.15) is 21.1 Å². The van der Waals surface area contributed by atoms with Crippen LogP contribution in [0.2, 0.25) is 0 Å². The maximum atomic E-state index is 11.6. The van der Waals surface area contributed by atoms with Crippen LogP contribution in [0.5, 0.6) is 0 Å². The van der Waals surface area contributed by atoms with E-state index in [2.05, 4.69) is 15.3 Å². The zero-order valence-electron chi connectivity index (χ0n) is 8.80. The van der Waals surface area contributed by atoms with E-state index in [4.69, 9.17) is 0 Å². The number of carbonyl (C=O) groups excluding carboxylic acids is 1. The molecule has 2 rings (SSSR count). The van der Waals surface area contributed by atoms with Crippen LogP contribution in [0.4, 0.5) is 0 Å². The Morgan fingerprint density at radius 3 is 3.06 bits per heavy atom. The molecule has 2 aromatic heterocycles. The predicted molar refractivity (Wildman–Crippen MR) is 62.3 cm³/mol. The molecule has 2 aromatic rings. The summed E-state index contributed by atoms with van der Waals surface area (Å²) in [6.07, 6.45) is 3.43. The fraction of sp³-hybridized carbons (Fsp3) is 0.182. The first kappa shape index (κ1) is 10.8. The molecule has 0 aromatic carbocycles. The number of rotatable bonds is 3. The van der Waals surface area contributed by atoms with Crippen LogP contribution in [-0.4, -0.2) is 15.9 Å². The predicted octanol–water partition coefficient (Wildman–Crippen LogP) is 1.78. The molecule has 0 aliphatic rings.